The Bertz CT molecular complexity index is 1700. The number of unbranched alkanes of at least 4 members (excludes halogenated alkanes) is 1. The van der Waals surface area contributed by atoms with Crippen molar-refractivity contribution in [3.8, 4) is 27.3 Å². The van der Waals surface area contributed by atoms with Crippen LogP contribution in [-0.4, -0.2) is 47.3 Å². The first-order chi connectivity index (χ1) is 20.8. The van der Waals surface area contributed by atoms with Crippen molar-refractivity contribution in [1.29, 1.82) is 0 Å². The number of thiazole rings is 2. The first-order valence-corrected chi connectivity index (χ1v) is 15.9. The second-order valence-electron chi connectivity index (χ2n) is 10.4. The number of rotatable bonds is 12. The van der Waals surface area contributed by atoms with Crippen LogP contribution in [0.15, 0.2) is 60.4 Å². The number of hydrogen-bond acceptors (Lipinski definition) is 10. The molecule has 5 aromatic rings. The number of nitrogens with zero attached hydrogens (tertiary/aromatic N) is 4. The van der Waals surface area contributed by atoms with Crippen molar-refractivity contribution in [2.45, 2.75) is 46.3 Å². The molecule has 224 valence electrons. The maximum absolute atomic E-state index is 12.3. The number of fused-ring (bicyclic) bond motifs is 1. The van der Waals surface area contributed by atoms with Crippen molar-refractivity contribution >= 4 is 49.8 Å². The van der Waals surface area contributed by atoms with Crippen molar-refractivity contribution in [3.63, 3.8) is 0 Å². The third-order valence-electron chi connectivity index (χ3n) is 6.84. The van der Waals surface area contributed by atoms with Gasteiger partial charge in [-0.1, -0.05) is 29.5 Å². The van der Waals surface area contributed by atoms with Crippen LogP contribution in [0.5, 0.6) is 5.75 Å². The molecule has 0 spiro atoms. The van der Waals surface area contributed by atoms with E-state index in [2.05, 4.69) is 33.5 Å². The minimum Gasteiger partial charge on any atom is -0.493 e. The number of carbonyl (C=O) groups excluding carboxylic acids is 1. The molecule has 0 atom stereocenters. The molecular weight excluding hydrogens is 581 g/mol. The maximum atomic E-state index is 12.3. The lowest BCUT2D eigenvalue weighted by Crippen LogP contribution is -2.29. The van der Waals surface area contributed by atoms with Gasteiger partial charge in [0.05, 0.1) is 50.9 Å². The molecule has 0 radical (unpaired) electrons. The molecule has 0 aliphatic heterocycles. The van der Waals surface area contributed by atoms with Gasteiger partial charge in [-0.05, 0) is 69.0 Å². The van der Waals surface area contributed by atoms with Crippen LogP contribution >= 0.6 is 22.7 Å². The Hall–Kier alpha value is -4.06. The molecule has 0 aliphatic carbocycles. The fourth-order valence-corrected chi connectivity index (χ4v) is 6.25. The minimum atomic E-state index is -0.411. The molecule has 9 nitrogen and oxygen atoms in total. The fraction of sp³-hybridized carbons (Fsp3) is 0.312. The summed E-state index contributed by atoms with van der Waals surface area (Å²) in [5, 5.41) is 4.34. The summed E-state index contributed by atoms with van der Waals surface area (Å²) in [5.74, 6) is 0.839. The average molecular weight is 617 g/mol. The summed E-state index contributed by atoms with van der Waals surface area (Å²) >= 11 is 3.25. The maximum Gasteiger partial charge on any atom is 0.414 e. The van der Waals surface area contributed by atoms with Crippen LogP contribution < -0.4 is 20.7 Å². The molecule has 11 heteroatoms. The molecule has 0 unspecified atom stereocenters. The highest BCUT2D eigenvalue weighted by Crippen LogP contribution is 2.33. The first-order valence-electron chi connectivity index (χ1n) is 14.2. The van der Waals surface area contributed by atoms with Gasteiger partial charge in [-0.25, -0.2) is 14.8 Å². The molecule has 5 rings (SSSR count). The number of aryl methyl sites for hydroxylation is 1. The number of anilines is 2. The quantitative estimate of drug-likeness (QED) is 0.139. The molecule has 3 N–H and O–H groups in total. The van der Waals surface area contributed by atoms with E-state index < -0.39 is 6.09 Å². The van der Waals surface area contributed by atoms with Crippen molar-refractivity contribution in [2.24, 2.45) is 5.73 Å². The van der Waals surface area contributed by atoms with Gasteiger partial charge in [0, 0.05) is 37.5 Å². The molecule has 0 fully saturated rings. The van der Waals surface area contributed by atoms with E-state index >= 15 is 0 Å². The zero-order valence-electron chi connectivity index (χ0n) is 24.8. The third kappa shape index (κ3) is 7.48. The van der Waals surface area contributed by atoms with E-state index in [0.717, 1.165) is 73.3 Å². The summed E-state index contributed by atoms with van der Waals surface area (Å²) in [5.41, 5.74) is 14.5. The van der Waals surface area contributed by atoms with Gasteiger partial charge in [-0.15, -0.1) is 11.3 Å². The summed E-state index contributed by atoms with van der Waals surface area (Å²) in [7, 11) is 1.68. The molecule has 3 heterocycles. The standard InChI is InChI=1S/C32H36N6O3S2/c1-20(2)41-32(39)38(4)26-13-25(17-34-18-26)22-9-10-27-29(15-22)43-31(37-27)35-11-5-6-12-40-28-14-23(7-8-24(28)16-33)30-21(3)36-19-42-30/h7-10,13-15,17-20H,5-6,11-12,16,33H2,1-4H3,(H,35,37). The SMILES string of the molecule is Cc1ncsc1-c1ccc(CN)c(OCCCCNc2nc3ccc(-c4cncc(N(C)C(=O)OC(C)C)c4)cc3s2)c1. The number of ether oxygens (including phenoxy) is 2. The fourth-order valence-electron chi connectivity index (χ4n) is 4.52. The number of amides is 1. The lowest BCUT2D eigenvalue weighted by Gasteiger charge is -2.19. The van der Waals surface area contributed by atoms with Crippen LogP contribution in [0, 0.1) is 6.92 Å². The van der Waals surface area contributed by atoms with Gasteiger partial charge in [0.1, 0.15) is 5.75 Å². The zero-order chi connectivity index (χ0) is 30.3. The van der Waals surface area contributed by atoms with E-state index in [1.54, 1.807) is 42.1 Å². The smallest absolute Gasteiger partial charge is 0.414 e. The van der Waals surface area contributed by atoms with Crippen LogP contribution in [0.4, 0.5) is 15.6 Å². The Labute approximate surface area is 259 Å². The largest absolute Gasteiger partial charge is 0.493 e. The van der Waals surface area contributed by atoms with Crippen molar-refractivity contribution in [2.75, 3.05) is 30.4 Å². The molecule has 0 bridgehead atoms. The Kier molecular flexibility index (Phi) is 9.86. The molecular formula is C32H36N6O3S2. The highest BCUT2D eigenvalue weighted by Gasteiger charge is 2.15. The molecule has 3 aromatic heterocycles. The van der Waals surface area contributed by atoms with E-state index in [1.807, 2.05) is 50.5 Å². The Morgan fingerprint density at radius 1 is 1.07 bits per heavy atom. The van der Waals surface area contributed by atoms with Crippen molar-refractivity contribution in [1.82, 2.24) is 15.0 Å². The van der Waals surface area contributed by atoms with Crippen LogP contribution in [0.2, 0.25) is 0 Å². The summed E-state index contributed by atoms with van der Waals surface area (Å²) in [6.07, 6.45) is 4.69. The normalized spacial score (nSPS) is 11.2. The van der Waals surface area contributed by atoms with Gasteiger partial charge < -0.3 is 20.5 Å². The van der Waals surface area contributed by atoms with Gasteiger partial charge >= 0.3 is 6.09 Å². The first kappa shape index (κ1) is 30.4. The number of pyridine rings is 1. The van der Waals surface area contributed by atoms with E-state index in [4.69, 9.17) is 20.2 Å². The Balaban J connectivity index is 1.15. The number of nitrogens with two attached hydrogens (primary N) is 1. The lowest BCUT2D eigenvalue weighted by atomic mass is 10.1. The molecule has 0 aliphatic rings. The predicted molar refractivity (Wildman–Crippen MR) is 176 cm³/mol. The second-order valence-corrected chi connectivity index (χ2v) is 12.3. The molecule has 2 aromatic carbocycles. The highest BCUT2D eigenvalue weighted by molar-refractivity contribution is 7.22. The highest BCUT2D eigenvalue weighted by atomic mass is 32.1. The van der Waals surface area contributed by atoms with Gasteiger partial charge in [0.25, 0.3) is 0 Å². The van der Waals surface area contributed by atoms with E-state index in [-0.39, 0.29) is 6.10 Å². The lowest BCUT2D eigenvalue weighted by molar-refractivity contribution is 0.124. The summed E-state index contributed by atoms with van der Waals surface area (Å²) in [6.45, 7) is 7.51. The number of aromatic nitrogens is 3. The zero-order valence-corrected chi connectivity index (χ0v) is 26.4. The van der Waals surface area contributed by atoms with Crippen LogP contribution in [-0.2, 0) is 11.3 Å². The third-order valence-corrected chi connectivity index (χ3v) is 8.80. The summed E-state index contributed by atoms with van der Waals surface area (Å²) in [6, 6.07) is 14.3. The molecule has 1 amide bonds. The van der Waals surface area contributed by atoms with E-state index in [9.17, 15) is 4.79 Å². The minimum absolute atomic E-state index is 0.192. The number of carbonyl (C=O) groups is 1. The topological polar surface area (TPSA) is 115 Å². The molecule has 0 saturated heterocycles. The van der Waals surface area contributed by atoms with Crippen molar-refractivity contribution < 1.29 is 14.3 Å². The van der Waals surface area contributed by atoms with E-state index in [0.29, 0.717) is 18.8 Å². The van der Waals surface area contributed by atoms with Crippen LogP contribution in [0.3, 0.4) is 0 Å². The number of hydrogen-bond donors (Lipinski definition) is 2. The van der Waals surface area contributed by atoms with Gasteiger partial charge in [-0.3, -0.25) is 9.88 Å². The Morgan fingerprint density at radius 3 is 2.67 bits per heavy atom. The molecule has 43 heavy (non-hydrogen) atoms. The van der Waals surface area contributed by atoms with Crippen molar-refractivity contribution in [3.05, 3.63) is 71.6 Å². The van der Waals surface area contributed by atoms with Crippen LogP contribution in [0.1, 0.15) is 37.9 Å². The molecule has 0 saturated carbocycles. The average Bonchev–Trinajstić information content (AvgIpc) is 3.63. The van der Waals surface area contributed by atoms with Gasteiger partial charge in [0.2, 0.25) is 0 Å². The predicted octanol–water partition coefficient (Wildman–Crippen LogP) is 7.50. The van der Waals surface area contributed by atoms with Gasteiger partial charge in [-0.2, -0.15) is 0 Å². The van der Waals surface area contributed by atoms with E-state index in [1.165, 1.54) is 4.90 Å². The number of nitrogens with one attached hydrogen (secondary N) is 1. The number of benzene rings is 2. The summed E-state index contributed by atoms with van der Waals surface area (Å²) in [4.78, 5) is 28.4. The monoisotopic (exact) mass is 616 g/mol. The van der Waals surface area contributed by atoms with Crippen LogP contribution in [0.25, 0.3) is 31.8 Å². The Morgan fingerprint density at radius 2 is 1.91 bits per heavy atom. The van der Waals surface area contributed by atoms with Gasteiger partial charge in [0.15, 0.2) is 5.13 Å². The second kappa shape index (κ2) is 13.9. The summed E-state index contributed by atoms with van der Waals surface area (Å²) < 4.78 is 12.5.